The molecule has 0 saturated carbocycles. The number of Topliss-reactive ketones (excluding diaryl/α,β-unsaturated/α-hetero) is 1. The quantitative estimate of drug-likeness (QED) is 0.672. The van der Waals surface area contributed by atoms with Crippen LogP contribution >= 0.6 is 0 Å². The van der Waals surface area contributed by atoms with Gasteiger partial charge in [0.05, 0.1) is 11.6 Å². The Balaban J connectivity index is 2.63. The van der Waals surface area contributed by atoms with Crippen molar-refractivity contribution in [1.29, 1.82) is 0 Å². The zero-order valence-electron chi connectivity index (χ0n) is 11.0. The molecule has 0 fully saturated rings. The average Bonchev–Trinajstić information content (AvgIpc) is 2.36. The van der Waals surface area contributed by atoms with Crippen molar-refractivity contribution in [3.05, 3.63) is 35.9 Å². The first-order chi connectivity index (χ1) is 8.83. The maximum atomic E-state index is 12.1. The Hall–Kier alpha value is -1.72. The minimum absolute atomic E-state index is 0.0870. The lowest BCUT2D eigenvalue weighted by Gasteiger charge is -2.25. The molecular formula is C14H20N2O3. The van der Waals surface area contributed by atoms with Crippen molar-refractivity contribution in [1.82, 2.24) is 0 Å². The van der Waals surface area contributed by atoms with Crippen LogP contribution in [0.2, 0.25) is 0 Å². The number of ketones is 1. The average molecular weight is 264 g/mol. The first kappa shape index (κ1) is 15.3. The van der Waals surface area contributed by atoms with Gasteiger partial charge in [-0.15, -0.1) is 0 Å². The number of carbonyl (C=O) groups excluding carboxylic acids is 1. The predicted molar refractivity (Wildman–Crippen MR) is 72.6 cm³/mol. The van der Waals surface area contributed by atoms with E-state index in [1.165, 1.54) is 6.92 Å². The highest BCUT2D eigenvalue weighted by Crippen LogP contribution is 2.14. The Kier molecular flexibility index (Phi) is 5.20. The molecule has 19 heavy (non-hydrogen) atoms. The lowest BCUT2D eigenvalue weighted by molar-refractivity contribution is -0.137. The van der Waals surface area contributed by atoms with Gasteiger partial charge in [-0.2, -0.15) is 0 Å². The number of hydrogen-bond donors (Lipinski definition) is 3. The summed E-state index contributed by atoms with van der Waals surface area (Å²) < 4.78 is 0. The van der Waals surface area contributed by atoms with Gasteiger partial charge in [0.1, 0.15) is 0 Å². The number of carboxylic acids is 1. The third-order valence-corrected chi connectivity index (χ3v) is 3.06. The molecule has 104 valence electrons. The Morgan fingerprint density at radius 3 is 2.42 bits per heavy atom. The van der Waals surface area contributed by atoms with E-state index in [9.17, 15) is 9.59 Å². The van der Waals surface area contributed by atoms with Crippen molar-refractivity contribution >= 4 is 11.8 Å². The highest BCUT2D eigenvalue weighted by Gasteiger charge is 2.32. The zero-order valence-corrected chi connectivity index (χ0v) is 11.0. The van der Waals surface area contributed by atoms with Gasteiger partial charge in [-0.1, -0.05) is 30.3 Å². The van der Waals surface area contributed by atoms with Crippen molar-refractivity contribution in [3.63, 3.8) is 0 Å². The molecule has 5 N–H and O–H groups in total. The van der Waals surface area contributed by atoms with E-state index in [0.717, 1.165) is 5.56 Å². The van der Waals surface area contributed by atoms with E-state index in [1.54, 1.807) is 0 Å². The third kappa shape index (κ3) is 4.81. The van der Waals surface area contributed by atoms with Crippen LogP contribution in [-0.4, -0.2) is 28.4 Å². The molecule has 0 bridgehead atoms. The largest absolute Gasteiger partial charge is 0.481 e. The summed E-state index contributed by atoms with van der Waals surface area (Å²) in [7, 11) is 0. The molecule has 0 aromatic heterocycles. The monoisotopic (exact) mass is 264 g/mol. The minimum Gasteiger partial charge on any atom is -0.481 e. The molecule has 1 aromatic carbocycles. The van der Waals surface area contributed by atoms with Crippen molar-refractivity contribution in [3.8, 4) is 0 Å². The molecule has 0 amide bonds. The molecule has 5 nitrogen and oxygen atoms in total. The predicted octanol–water partition coefficient (Wildman–Crippen LogP) is 0.708. The van der Waals surface area contributed by atoms with Crippen LogP contribution in [0.25, 0.3) is 0 Å². The molecule has 1 unspecified atom stereocenters. The first-order valence-corrected chi connectivity index (χ1v) is 6.17. The van der Waals surface area contributed by atoms with Gasteiger partial charge in [0.15, 0.2) is 5.78 Å². The van der Waals surface area contributed by atoms with Crippen LogP contribution in [0.4, 0.5) is 0 Å². The summed E-state index contributed by atoms with van der Waals surface area (Å²) >= 11 is 0. The Morgan fingerprint density at radius 1 is 1.32 bits per heavy atom. The van der Waals surface area contributed by atoms with E-state index in [-0.39, 0.29) is 18.6 Å². The second-order valence-electron chi connectivity index (χ2n) is 4.97. The smallest absolute Gasteiger partial charge is 0.303 e. The van der Waals surface area contributed by atoms with E-state index in [2.05, 4.69) is 0 Å². The summed E-state index contributed by atoms with van der Waals surface area (Å²) in [6.45, 7) is 1.53. The third-order valence-electron chi connectivity index (χ3n) is 3.06. The SMILES string of the molecule is CC(N)(CCC(=O)O)C(=O)[C@@H](N)Cc1ccccc1. The number of benzene rings is 1. The second kappa shape index (κ2) is 6.45. The standard InChI is InChI=1S/C14H20N2O3/c1-14(16,8-7-12(17)18)13(19)11(15)9-10-5-3-2-4-6-10/h2-6,11H,7-9,15-16H2,1H3,(H,17,18)/t11-,14?/m0/s1. The molecule has 2 atom stereocenters. The van der Waals surface area contributed by atoms with Crippen molar-refractivity contribution in [2.24, 2.45) is 11.5 Å². The number of aliphatic carboxylic acids is 1. The fourth-order valence-electron chi connectivity index (χ4n) is 1.87. The fourth-order valence-corrected chi connectivity index (χ4v) is 1.87. The van der Waals surface area contributed by atoms with Crippen molar-refractivity contribution in [2.75, 3.05) is 0 Å². The molecule has 0 heterocycles. The lowest BCUT2D eigenvalue weighted by atomic mass is 9.86. The van der Waals surface area contributed by atoms with Gasteiger partial charge in [-0.25, -0.2) is 0 Å². The highest BCUT2D eigenvalue weighted by molar-refractivity contribution is 5.92. The van der Waals surface area contributed by atoms with Crippen LogP contribution in [0, 0.1) is 0 Å². The summed E-state index contributed by atoms with van der Waals surface area (Å²) in [4.78, 5) is 22.7. The van der Waals surface area contributed by atoms with E-state index in [0.29, 0.717) is 6.42 Å². The zero-order chi connectivity index (χ0) is 14.5. The van der Waals surface area contributed by atoms with Crippen molar-refractivity contribution < 1.29 is 14.7 Å². The molecule has 0 aliphatic heterocycles. The number of carbonyl (C=O) groups is 2. The van der Waals surface area contributed by atoms with Gasteiger partial charge in [0.2, 0.25) is 0 Å². The topological polar surface area (TPSA) is 106 Å². The summed E-state index contributed by atoms with van der Waals surface area (Å²) in [5.74, 6) is -1.28. The van der Waals surface area contributed by atoms with Crippen LogP contribution < -0.4 is 11.5 Å². The Bertz CT molecular complexity index is 443. The second-order valence-corrected chi connectivity index (χ2v) is 4.97. The number of hydrogen-bond acceptors (Lipinski definition) is 4. The molecule has 1 rings (SSSR count). The number of nitrogens with two attached hydrogens (primary N) is 2. The maximum absolute atomic E-state index is 12.1. The minimum atomic E-state index is -1.20. The van der Waals surface area contributed by atoms with E-state index >= 15 is 0 Å². The molecule has 0 radical (unpaired) electrons. The van der Waals surface area contributed by atoms with Crippen LogP contribution in [0.5, 0.6) is 0 Å². The Morgan fingerprint density at radius 2 is 1.89 bits per heavy atom. The Labute approximate surface area is 112 Å². The lowest BCUT2D eigenvalue weighted by Crippen LogP contribution is -2.53. The number of carboxylic acid groups (broad SMARTS) is 1. The van der Waals surface area contributed by atoms with E-state index in [4.69, 9.17) is 16.6 Å². The normalized spacial score (nSPS) is 15.5. The summed E-state index contributed by atoms with van der Waals surface area (Å²) in [6.07, 6.45) is 0.347. The van der Waals surface area contributed by atoms with Crippen molar-refractivity contribution in [2.45, 2.75) is 37.8 Å². The molecule has 0 spiro atoms. The molecule has 0 saturated heterocycles. The highest BCUT2D eigenvalue weighted by atomic mass is 16.4. The maximum Gasteiger partial charge on any atom is 0.303 e. The van der Waals surface area contributed by atoms with Crippen LogP contribution in [-0.2, 0) is 16.0 Å². The number of rotatable bonds is 7. The molecule has 0 aliphatic rings. The van der Waals surface area contributed by atoms with Gasteiger partial charge in [-0.3, -0.25) is 9.59 Å². The van der Waals surface area contributed by atoms with Crippen LogP contribution in [0.1, 0.15) is 25.3 Å². The van der Waals surface area contributed by atoms with E-state index in [1.807, 2.05) is 30.3 Å². The van der Waals surface area contributed by atoms with Gasteiger partial charge in [0, 0.05) is 6.42 Å². The molecular weight excluding hydrogens is 244 g/mol. The summed E-state index contributed by atoms with van der Waals surface area (Å²) in [5.41, 5.74) is 11.5. The first-order valence-electron chi connectivity index (χ1n) is 6.17. The van der Waals surface area contributed by atoms with Crippen LogP contribution in [0.3, 0.4) is 0 Å². The molecule has 5 heteroatoms. The van der Waals surface area contributed by atoms with Gasteiger partial charge in [0.25, 0.3) is 0 Å². The van der Waals surface area contributed by atoms with Gasteiger partial charge in [-0.05, 0) is 25.3 Å². The molecule has 0 aliphatic carbocycles. The van der Waals surface area contributed by atoms with E-state index < -0.39 is 17.6 Å². The fraction of sp³-hybridized carbons (Fsp3) is 0.429. The van der Waals surface area contributed by atoms with Crippen LogP contribution in [0.15, 0.2) is 30.3 Å². The van der Waals surface area contributed by atoms with Gasteiger partial charge < -0.3 is 16.6 Å². The van der Waals surface area contributed by atoms with Gasteiger partial charge >= 0.3 is 5.97 Å². The molecule has 1 aromatic rings. The summed E-state index contributed by atoms with van der Waals surface area (Å²) in [5, 5.41) is 8.63. The summed E-state index contributed by atoms with van der Waals surface area (Å²) in [6, 6.07) is 8.69.